The average Bonchev–Trinajstić information content (AvgIpc) is 2.27. The molecule has 0 spiro atoms. The monoisotopic (exact) mass is 249 g/mol. The second kappa shape index (κ2) is 5.97. The third-order valence-corrected chi connectivity index (χ3v) is 2.38. The van der Waals surface area contributed by atoms with E-state index in [1.54, 1.807) is 19.1 Å². The van der Waals surface area contributed by atoms with Crippen molar-refractivity contribution in [2.75, 3.05) is 0 Å². The topological polar surface area (TPSA) is 61.8 Å². The number of rotatable bonds is 4. The summed E-state index contributed by atoms with van der Waals surface area (Å²) in [6, 6.07) is 8.14. The highest BCUT2D eigenvalue weighted by molar-refractivity contribution is 7.80. The largest absolute Gasteiger partial charge is 0.389 e. The molecule has 1 rings (SSSR count). The van der Waals surface area contributed by atoms with Gasteiger partial charge >= 0.3 is 0 Å². The summed E-state index contributed by atoms with van der Waals surface area (Å²) in [7, 11) is 0. The summed E-state index contributed by atoms with van der Waals surface area (Å²) >= 11 is 4.74. The normalized spacial score (nSPS) is 11.4. The number of nitrogens with two attached hydrogens (primary N) is 1. The molecule has 0 fully saturated rings. The van der Waals surface area contributed by atoms with Crippen LogP contribution in [0.25, 0.3) is 0 Å². The van der Waals surface area contributed by atoms with Gasteiger partial charge in [-0.2, -0.15) is 5.26 Å². The van der Waals surface area contributed by atoms with Gasteiger partial charge in [0.2, 0.25) is 0 Å². The van der Waals surface area contributed by atoms with E-state index in [-0.39, 0.29) is 16.4 Å². The molecule has 0 aromatic heterocycles. The van der Waals surface area contributed by atoms with Crippen LogP contribution < -0.4 is 11.1 Å². The lowest BCUT2D eigenvalue weighted by atomic mass is 10.2. The molecular weight excluding hydrogens is 237 g/mol. The van der Waals surface area contributed by atoms with Gasteiger partial charge in [0.25, 0.3) is 0 Å². The zero-order valence-electron chi connectivity index (χ0n) is 9.33. The first-order valence-corrected chi connectivity index (χ1v) is 5.34. The number of thiocarbonyl (C=S) groups is 1. The van der Waals surface area contributed by atoms with Crippen molar-refractivity contribution in [2.24, 2.45) is 5.73 Å². The lowest BCUT2D eigenvalue weighted by Gasteiger charge is -2.08. The Labute approximate surface area is 105 Å². The van der Waals surface area contributed by atoms with Crippen molar-refractivity contribution in [3.8, 4) is 6.07 Å². The number of nitrogens with one attached hydrogen (secondary N) is 1. The lowest BCUT2D eigenvalue weighted by Crippen LogP contribution is -2.19. The van der Waals surface area contributed by atoms with E-state index in [1.165, 1.54) is 12.1 Å². The molecule has 0 aliphatic carbocycles. The van der Waals surface area contributed by atoms with Crippen LogP contribution in [0.4, 0.5) is 4.39 Å². The number of benzene rings is 1. The Kier molecular flexibility index (Phi) is 4.61. The Balaban J connectivity index is 2.75. The Morgan fingerprint density at radius 1 is 1.59 bits per heavy atom. The number of hydrogen-bond donors (Lipinski definition) is 2. The summed E-state index contributed by atoms with van der Waals surface area (Å²) in [5, 5.41) is 11.8. The number of hydrogen-bond acceptors (Lipinski definition) is 3. The maximum absolute atomic E-state index is 12.9. The van der Waals surface area contributed by atoms with Crippen LogP contribution in [0.1, 0.15) is 12.5 Å². The van der Waals surface area contributed by atoms with Gasteiger partial charge < -0.3 is 11.1 Å². The van der Waals surface area contributed by atoms with Crippen molar-refractivity contribution in [1.82, 2.24) is 5.32 Å². The first-order valence-electron chi connectivity index (χ1n) is 4.93. The summed E-state index contributed by atoms with van der Waals surface area (Å²) in [4.78, 5) is 0.0525. The molecular formula is C12H12FN3S. The summed E-state index contributed by atoms with van der Waals surface area (Å²) in [5.74, 6) is -0.291. The van der Waals surface area contributed by atoms with Gasteiger partial charge in [0.05, 0.1) is 0 Å². The van der Waals surface area contributed by atoms with Crippen molar-refractivity contribution in [2.45, 2.75) is 13.5 Å². The Morgan fingerprint density at radius 3 is 2.82 bits per heavy atom. The van der Waals surface area contributed by atoms with Crippen LogP contribution in [0.2, 0.25) is 0 Å². The molecule has 0 bridgehead atoms. The minimum absolute atomic E-state index is 0.0525. The highest BCUT2D eigenvalue weighted by Gasteiger charge is 2.04. The van der Waals surface area contributed by atoms with Gasteiger partial charge in [-0.1, -0.05) is 24.4 Å². The zero-order chi connectivity index (χ0) is 12.8. The van der Waals surface area contributed by atoms with Crippen LogP contribution in [-0.2, 0) is 6.54 Å². The zero-order valence-corrected chi connectivity index (χ0v) is 10.1. The van der Waals surface area contributed by atoms with E-state index in [4.69, 9.17) is 23.2 Å². The number of halogens is 1. The van der Waals surface area contributed by atoms with Crippen LogP contribution in [-0.4, -0.2) is 4.99 Å². The SMILES string of the molecule is C/C(NCc1cccc(F)c1)=C(\C#N)C(N)=S. The smallest absolute Gasteiger partial charge is 0.123 e. The van der Waals surface area contributed by atoms with Gasteiger partial charge in [0.15, 0.2) is 0 Å². The molecule has 0 radical (unpaired) electrons. The van der Waals surface area contributed by atoms with Crippen LogP contribution in [0.3, 0.4) is 0 Å². The highest BCUT2D eigenvalue weighted by Crippen LogP contribution is 2.06. The van der Waals surface area contributed by atoms with Crippen molar-refractivity contribution in [3.05, 3.63) is 46.9 Å². The van der Waals surface area contributed by atoms with Gasteiger partial charge in [-0.25, -0.2) is 4.39 Å². The molecule has 0 unspecified atom stereocenters. The van der Waals surface area contributed by atoms with Crippen LogP contribution >= 0.6 is 12.2 Å². The van der Waals surface area contributed by atoms with E-state index in [1.807, 2.05) is 6.07 Å². The Bertz CT molecular complexity index is 503. The van der Waals surface area contributed by atoms with Crippen molar-refractivity contribution in [3.63, 3.8) is 0 Å². The first-order chi connectivity index (χ1) is 8.04. The molecule has 3 N–H and O–H groups in total. The standard InChI is InChI=1S/C12H12FN3S/c1-8(11(6-14)12(15)17)16-7-9-3-2-4-10(13)5-9/h2-5,16H,7H2,1H3,(H2,15,17)/b11-8-. The number of allylic oxidation sites excluding steroid dienone is 1. The van der Waals surface area contributed by atoms with Crippen molar-refractivity contribution in [1.29, 1.82) is 5.26 Å². The second-order valence-electron chi connectivity index (χ2n) is 3.46. The summed E-state index contributed by atoms with van der Waals surface area (Å²) in [5.41, 5.74) is 7.01. The predicted octanol–water partition coefficient (Wildman–Crippen LogP) is 2.00. The maximum atomic E-state index is 12.9. The minimum atomic E-state index is -0.291. The highest BCUT2D eigenvalue weighted by atomic mass is 32.1. The van der Waals surface area contributed by atoms with Gasteiger partial charge in [-0.05, 0) is 24.6 Å². The summed E-state index contributed by atoms with van der Waals surface area (Å²) in [6.07, 6.45) is 0. The van der Waals surface area contributed by atoms with Gasteiger partial charge in [0.1, 0.15) is 22.4 Å². The van der Waals surface area contributed by atoms with Crippen LogP contribution in [0, 0.1) is 17.1 Å². The molecule has 0 saturated heterocycles. The molecule has 0 aliphatic heterocycles. The molecule has 1 aromatic rings. The van der Waals surface area contributed by atoms with Crippen LogP contribution in [0.5, 0.6) is 0 Å². The fraction of sp³-hybridized carbons (Fsp3) is 0.167. The van der Waals surface area contributed by atoms with Gasteiger partial charge in [-0.15, -0.1) is 0 Å². The molecule has 0 aliphatic rings. The van der Waals surface area contributed by atoms with E-state index >= 15 is 0 Å². The quantitative estimate of drug-likeness (QED) is 0.487. The van der Waals surface area contributed by atoms with E-state index in [2.05, 4.69) is 5.32 Å². The molecule has 0 saturated carbocycles. The van der Waals surface area contributed by atoms with E-state index in [9.17, 15) is 4.39 Å². The molecule has 1 aromatic carbocycles. The van der Waals surface area contributed by atoms with Crippen molar-refractivity contribution >= 4 is 17.2 Å². The average molecular weight is 249 g/mol. The first kappa shape index (κ1) is 13.1. The maximum Gasteiger partial charge on any atom is 0.123 e. The third-order valence-electron chi connectivity index (χ3n) is 2.18. The summed E-state index contributed by atoms with van der Waals surface area (Å²) in [6.45, 7) is 2.12. The lowest BCUT2D eigenvalue weighted by molar-refractivity contribution is 0.624. The van der Waals surface area contributed by atoms with Gasteiger partial charge in [-0.3, -0.25) is 0 Å². The van der Waals surface area contributed by atoms with Crippen LogP contribution in [0.15, 0.2) is 35.5 Å². The molecule has 0 amide bonds. The second-order valence-corrected chi connectivity index (χ2v) is 3.90. The molecule has 0 atom stereocenters. The van der Waals surface area contributed by atoms with E-state index in [0.717, 1.165) is 5.56 Å². The van der Waals surface area contributed by atoms with E-state index < -0.39 is 0 Å². The molecule has 17 heavy (non-hydrogen) atoms. The van der Waals surface area contributed by atoms with E-state index in [0.29, 0.717) is 12.2 Å². The third kappa shape index (κ3) is 3.85. The predicted molar refractivity (Wildman–Crippen MR) is 68.3 cm³/mol. The fourth-order valence-electron chi connectivity index (χ4n) is 1.29. The number of nitrogens with zero attached hydrogens (tertiary/aromatic N) is 1. The molecule has 0 heterocycles. The molecule has 5 heteroatoms. The fourth-order valence-corrected chi connectivity index (χ4v) is 1.49. The Morgan fingerprint density at radius 2 is 2.29 bits per heavy atom. The number of nitriles is 1. The summed E-state index contributed by atoms with van der Waals surface area (Å²) < 4.78 is 12.9. The Hall–Kier alpha value is -1.93. The molecule has 3 nitrogen and oxygen atoms in total. The molecule has 88 valence electrons. The minimum Gasteiger partial charge on any atom is -0.389 e. The van der Waals surface area contributed by atoms with Gasteiger partial charge in [0, 0.05) is 12.2 Å². The van der Waals surface area contributed by atoms with Crippen molar-refractivity contribution < 1.29 is 4.39 Å².